The largest absolute Gasteiger partial charge is 0.345 e. The van der Waals surface area contributed by atoms with Crippen molar-refractivity contribution in [2.24, 2.45) is 0 Å². The zero-order chi connectivity index (χ0) is 19.2. The average Bonchev–Trinajstić information content (AvgIpc) is 3.12. The van der Waals surface area contributed by atoms with E-state index in [0.717, 1.165) is 36.9 Å². The number of hydrazine groups is 1. The molecule has 0 aliphatic carbocycles. The van der Waals surface area contributed by atoms with Crippen LogP contribution < -0.4 is 10.9 Å². The number of nitrogens with one attached hydrogen (secondary N) is 2. The number of carbonyl (C=O) groups excluding carboxylic acids is 1. The summed E-state index contributed by atoms with van der Waals surface area (Å²) in [6, 6.07) is 14.5. The van der Waals surface area contributed by atoms with Gasteiger partial charge in [-0.3, -0.25) is 15.6 Å². The minimum Gasteiger partial charge on any atom is -0.345 e. The van der Waals surface area contributed by atoms with Crippen LogP contribution in [0.5, 0.6) is 0 Å². The maximum atomic E-state index is 13.4. The Morgan fingerprint density at radius 3 is 2.74 bits per heavy atom. The third-order valence-electron chi connectivity index (χ3n) is 4.97. The van der Waals surface area contributed by atoms with Gasteiger partial charge in [0.25, 0.3) is 0 Å². The highest BCUT2D eigenvalue weighted by Gasteiger charge is 2.25. The summed E-state index contributed by atoms with van der Waals surface area (Å²) >= 11 is 5.87. The number of hydrogen-bond donors (Lipinski definition) is 2. The Kier molecular flexibility index (Phi) is 6.83. The van der Waals surface area contributed by atoms with E-state index in [4.69, 9.17) is 11.6 Å². The molecular weight excluding hydrogens is 365 g/mol. The van der Waals surface area contributed by atoms with Gasteiger partial charge in [0.1, 0.15) is 5.82 Å². The third kappa shape index (κ3) is 5.76. The summed E-state index contributed by atoms with van der Waals surface area (Å²) in [6.45, 7) is 0.717. The van der Waals surface area contributed by atoms with Crippen molar-refractivity contribution in [3.05, 3.63) is 70.5 Å². The van der Waals surface area contributed by atoms with Crippen LogP contribution in [0.1, 0.15) is 36.4 Å². The number of rotatable bonds is 7. The predicted octanol–water partition coefficient (Wildman–Crippen LogP) is 3.87. The molecule has 2 N–H and O–H groups in total. The SMILES string of the molecule is CN(CCCC1CC(c2cccc(F)c2)NN1)C(=O)Cc1ccc(Cl)cc1. The summed E-state index contributed by atoms with van der Waals surface area (Å²) in [4.78, 5) is 14.1. The molecule has 1 aliphatic rings. The smallest absolute Gasteiger partial charge is 0.226 e. The maximum Gasteiger partial charge on any atom is 0.226 e. The van der Waals surface area contributed by atoms with Gasteiger partial charge in [-0.2, -0.15) is 0 Å². The Hall–Kier alpha value is -1.95. The molecule has 2 atom stereocenters. The van der Waals surface area contributed by atoms with Crippen LogP contribution in [-0.4, -0.2) is 30.4 Å². The molecule has 2 aromatic rings. The van der Waals surface area contributed by atoms with Gasteiger partial charge in [-0.05, 0) is 54.7 Å². The molecule has 0 aromatic heterocycles. The molecular formula is C21H25ClFN3O. The Bertz CT molecular complexity index is 768. The van der Waals surface area contributed by atoms with Crippen LogP contribution in [0.2, 0.25) is 5.02 Å². The molecule has 0 spiro atoms. The topological polar surface area (TPSA) is 44.4 Å². The summed E-state index contributed by atoms with van der Waals surface area (Å²) in [5.74, 6) is -0.106. The molecule has 1 fully saturated rings. The highest BCUT2D eigenvalue weighted by molar-refractivity contribution is 6.30. The lowest BCUT2D eigenvalue weighted by atomic mass is 9.99. The molecule has 27 heavy (non-hydrogen) atoms. The fraction of sp³-hybridized carbons (Fsp3) is 0.381. The van der Waals surface area contributed by atoms with Crippen molar-refractivity contribution in [3.63, 3.8) is 0 Å². The Morgan fingerprint density at radius 2 is 2.00 bits per heavy atom. The van der Waals surface area contributed by atoms with Crippen LogP contribution in [0.15, 0.2) is 48.5 Å². The first-order valence-corrected chi connectivity index (χ1v) is 9.64. The maximum absolute atomic E-state index is 13.4. The van der Waals surface area contributed by atoms with Gasteiger partial charge in [0.2, 0.25) is 5.91 Å². The summed E-state index contributed by atoms with van der Waals surface area (Å²) in [7, 11) is 1.84. The summed E-state index contributed by atoms with van der Waals surface area (Å²) in [5, 5.41) is 0.675. The van der Waals surface area contributed by atoms with Crippen molar-refractivity contribution >= 4 is 17.5 Å². The van der Waals surface area contributed by atoms with E-state index in [1.54, 1.807) is 29.2 Å². The molecule has 1 saturated heterocycles. The van der Waals surface area contributed by atoms with Crippen LogP contribution >= 0.6 is 11.6 Å². The number of halogens is 2. The van der Waals surface area contributed by atoms with E-state index in [1.165, 1.54) is 6.07 Å². The Balaban J connectivity index is 1.39. The number of hydrogen-bond acceptors (Lipinski definition) is 3. The highest BCUT2D eigenvalue weighted by atomic mass is 35.5. The molecule has 4 nitrogen and oxygen atoms in total. The van der Waals surface area contributed by atoms with Crippen LogP contribution in [0.25, 0.3) is 0 Å². The van der Waals surface area contributed by atoms with Gasteiger partial charge < -0.3 is 4.90 Å². The van der Waals surface area contributed by atoms with Crippen LogP contribution in [0.3, 0.4) is 0 Å². The van der Waals surface area contributed by atoms with Crippen molar-refractivity contribution in [1.82, 2.24) is 15.8 Å². The molecule has 1 amide bonds. The molecule has 2 aromatic carbocycles. The lowest BCUT2D eigenvalue weighted by Gasteiger charge is -2.18. The second kappa shape index (κ2) is 9.31. The number of benzene rings is 2. The van der Waals surface area contributed by atoms with Crippen molar-refractivity contribution in [3.8, 4) is 0 Å². The number of nitrogens with zero attached hydrogens (tertiary/aromatic N) is 1. The second-order valence-electron chi connectivity index (χ2n) is 7.09. The molecule has 1 heterocycles. The fourth-order valence-corrected chi connectivity index (χ4v) is 3.49. The van der Waals surface area contributed by atoms with E-state index in [2.05, 4.69) is 10.9 Å². The van der Waals surface area contributed by atoms with Gasteiger partial charge in [0.05, 0.1) is 6.42 Å². The van der Waals surface area contributed by atoms with Crippen LogP contribution in [0, 0.1) is 5.82 Å². The molecule has 6 heteroatoms. The van der Waals surface area contributed by atoms with Crippen molar-refractivity contribution in [2.45, 2.75) is 37.8 Å². The first-order chi connectivity index (χ1) is 13.0. The van der Waals surface area contributed by atoms with Gasteiger partial charge >= 0.3 is 0 Å². The highest BCUT2D eigenvalue weighted by Crippen LogP contribution is 2.24. The van der Waals surface area contributed by atoms with E-state index in [1.807, 2.05) is 25.2 Å². The average molecular weight is 390 g/mol. The first-order valence-electron chi connectivity index (χ1n) is 9.26. The van der Waals surface area contributed by atoms with Gasteiger partial charge in [0.15, 0.2) is 0 Å². The van der Waals surface area contributed by atoms with E-state index in [9.17, 15) is 9.18 Å². The van der Waals surface area contributed by atoms with E-state index >= 15 is 0 Å². The van der Waals surface area contributed by atoms with Gasteiger partial charge in [-0.25, -0.2) is 4.39 Å². The Labute approximate surface area is 164 Å². The van der Waals surface area contributed by atoms with E-state index in [-0.39, 0.29) is 17.8 Å². The minimum atomic E-state index is -0.210. The molecule has 144 valence electrons. The van der Waals surface area contributed by atoms with Crippen LogP contribution in [0.4, 0.5) is 4.39 Å². The number of amides is 1. The van der Waals surface area contributed by atoms with Gasteiger partial charge in [-0.15, -0.1) is 0 Å². The van der Waals surface area contributed by atoms with Crippen LogP contribution in [-0.2, 0) is 11.2 Å². The van der Waals surface area contributed by atoms with E-state index < -0.39 is 0 Å². The zero-order valence-electron chi connectivity index (χ0n) is 15.4. The van der Waals surface area contributed by atoms with Gasteiger partial charge in [0, 0.05) is 30.7 Å². The van der Waals surface area contributed by atoms with Crippen molar-refractivity contribution in [2.75, 3.05) is 13.6 Å². The zero-order valence-corrected chi connectivity index (χ0v) is 16.2. The molecule has 0 bridgehead atoms. The first kappa shape index (κ1) is 19.8. The summed E-state index contributed by atoms with van der Waals surface area (Å²) < 4.78 is 13.4. The molecule has 0 radical (unpaired) electrons. The standard InChI is InChI=1S/C21H25ClFN3O/c1-26(21(27)12-15-7-9-17(22)10-8-15)11-3-6-19-14-20(25-24-19)16-4-2-5-18(23)13-16/h2,4-5,7-10,13,19-20,24-25H,3,6,11-12,14H2,1H3. The van der Waals surface area contributed by atoms with Gasteiger partial charge in [-0.1, -0.05) is 35.9 Å². The predicted molar refractivity (Wildman–Crippen MR) is 106 cm³/mol. The third-order valence-corrected chi connectivity index (χ3v) is 5.23. The second-order valence-corrected chi connectivity index (χ2v) is 7.53. The lowest BCUT2D eigenvalue weighted by molar-refractivity contribution is -0.129. The molecule has 0 saturated carbocycles. The fourth-order valence-electron chi connectivity index (χ4n) is 3.36. The van der Waals surface area contributed by atoms with Crippen molar-refractivity contribution < 1.29 is 9.18 Å². The molecule has 2 unspecified atom stereocenters. The monoisotopic (exact) mass is 389 g/mol. The molecule has 3 rings (SSSR count). The van der Waals surface area contributed by atoms with Crippen molar-refractivity contribution in [1.29, 1.82) is 0 Å². The molecule has 1 aliphatic heterocycles. The normalized spacial score (nSPS) is 19.2. The summed E-state index contributed by atoms with van der Waals surface area (Å²) in [6.07, 6.45) is 3.17. The number of likely N-dealkylation sites (N-methyl/N-ethyl adjacent to an activating group) is 1. The minimum absolute atomic E-state index is 0.104. The Morgan fingerprint density at radius 1 is 1.22 bits per heavy atom. The lowest BCUT2D eigenvalue weighted by Crippen LogP contribution is -2.33. The number of carbonyl (C=O) groups is 1. The summed E-state index contributed by atoms with van der Waals surface area (Å²) in [5.41, 5.74) is 8.45. The quantitative estimate of drug-likeness (QED) is 0.755. The van der Waals surface area contributed by atoms with E-state index in [0.29, 0.717) is 17.5 Å².